The van der Waals surface area contributed by atoms with Crippen LogP contribution in [-0.4, -0.2) is 85.8 Å². The molecule has 0 saturated carbocycles. The third-order valence-corrected chi connectivity index (χ3v) is 4.84. The zero-order valence-electron chi connectivity index (χ0n) is 15.2. The third-order valence-electron chi connectivity index (χ3n) is 4.31. The zero-order valence-corrected chi connectivity index (χ0v) is 16.8. The lowest BCUT2D eigenvalue weighted by molar-refractivity contribution is -0.134. The van der Waals surface area contributed by atoms with Crippen LogP contribution in [0.3, 0.4) is 0 Å². The fraction of sp³-hybridized carbons (Fsp3) is 0.500. The van der Waals surface area contributed by atoms with Crippen LogP contribution < -0.4 is 5.32 Å². The molecule has 3 amide bonds. The highest BCUT2D eigenvalue weighted by atomic mass is 79.9. The lowest BCUT2D eigenvalue weighted by atomic mass is 10.2. The van der Waals surface area contributed by atoms with E-state index in [1.807, 2.05) is 0 Å². The molecule has 1 aliphatic heterocycles. The molecule has 1 saturated heterocycles. The van der Waals surface area contributed by atoms with Crippen molar-refractivity contribution in [2.45, 2.75) is 6.42 Å². The van der Waals surface area contributed by atoms with Crippen LogP contribution in [0.5, 0.6) is 0 Å². The first-order chi connectivity index (χ1) is 12.4. The Hall–Kier alpha value is -1.93. The van der Waals surface area contributed by atoms with Crippen LogP contribution in [0, 0.1) is 0 Å². The number of amides is 3. The average molecular weight is 425 g/mol. The Bertz CT molecular complexity index is 640. The summed E-state index contributed by atoms with van der Waals surface area (Å²) in [4.78, 5) is 41.4. The zero-order chi connectivity index (χ0) is 19.1. The molecule has 1 aromatic carbocycles. The first-order valence-corrected chi connectivity index (χ1v) is 9.40. The summed E-state index contributed by atoms with van der Waals surface area (Å²) in [5.41, 5.74) is 0.569. The quantitative estimate of drug-likeness (QED) is 0.732. The molecule has 0 atom stereocenters. The van der Waals surface area contributed by atoms with Gasteiger partial charge in [-0.15, -0.1) is 0 Å². The van der Waals surface area contributed by atoms with Gasteiger partial charge in [0.05, 0.1) is 6.54 Å². The van der Waals surface area contributed by atoms with E-state index in [9.17, 15) is 14.4 Å². The van der Waals surface area contributed by atoms with E-state index in [-0.39, 0.29) is 24.1 Å². The minimum atomic E-state index is -0.183. The molecule has 26 heavy (non-hydrogen) atoms. The molecular weight excluding hydrogens is 400 g/mol. The van der Waals surface area contributed by atoms with E-state index in [1.54, 1.807) is 48.2 Å². The van der Waals surface area contributed by atoms with E-state index >= 15 is 0 Å². The second-order valence-electron chi connectivity index (χ2n) is 6.46. The number of piperazine rings is 1. The van der Waals surface area contributed by atoms with Gasteiger partial charge in [0.1, 0.15) is 0 Å². The average Bonchev–Trinajstić information content (AvgIpc) is 2.62. The van der Waals surface area contributed by atoms with Crippen LogP contribution in [0.25, 0.3) is 0 Å². The number of carbonyl (C=O) groups is 3. The van der Waals surface area contributed by atoms with Crippen LogP contribution >= 0.6 is 15.9 Å². The number of benzene rings is 1. The molecule has 8 heteroatoms. The Balaban J connectivity index is 1.68. The number of hydrogen-bond acceptors (Lipinski definition) is 4. The van der Waals surface area contributed by atoms with Crippen LogP contribution in [0.4, 0.5) is 0 Å². The van der Waals surface area contributed by atoms with Gasteiger partial charge in [-0.3, -0.25) is 19.3 Å². The van der Waals surface area contributed by atoms with Crippen LogP contribution in [0.1, 0.15) is 16.8 Å². The first kappa shape index (κ1) is 20.4. The largest absolute Gasteiger partial charge is 0.352 e. The Morgan fingerprint density at radius 3 is 2.27 bits per heavy atom. The summed E-state index contributed by atoms with van der Waals surface area (Å²) < 4.78 is 0.913. The number of hydrogen-bond donors (Lipinski definition) is 1. The van der Waals surface area contributed by atoms with Crippen molar-refractivity contribution in [1.82, 2.24) is 20.0 Å². The summed E-state index contributed by atoms with van der Waals surface area (Å²) in [7, 11) is 3.48. The van der Waals surface area contributed by atoms with Gasteiger partial charge >= 0.3 is 0 Å². The third kappa shape index (κ3) is 6.10. The van der Waals surface area contributed by atoms with Gasteiger partial charge in [-0.2, -0.15) is 0 Å². The Kier molecular flexibility index (Phi) is 7.59. The van der Waals surface area contributed by atoms with Crippen molar-refractivity contribution in [3.05, 3.63) is 34.3 Å². The van der Waals surface area contributed by atoms with Gasteiger partial charge in [-0.1, -0.05) is 15.9 Å². The molecule has 0 bridgehead atoms. The fourth-order valence-electron chi connectivity index (χ4n) is 2.63. The van der Waals surface area contributed by atoms with Crippen molar-refractivity contribution < 1.29 is 14.4 Å². The number of nitrogens with one attached hydrogen (secondary N) is 1. The predicted octanol–water partition coefficient (Wildman–Crippen LogP) is 0.801. The molecule has 1 heterocycles. The van der Waals surface area contributed by atoms with E-state index < -0.39 is 0 Å². The number of halogens is 1. The first-order valence-electron chi connectivity index (χ1n) is 8.61. The summed E-state index contributed by atoms with van der Waals surface area (Å²) in [5, 5.41) is 2.77. The van der Waals surface area contributed by atoms with Crippen molar-refractivity contribution in [1.29, 1.82) is 0 Å². The maximum absolute atomic E-state index is 12.3. The summed E-state index contributed by atoms with van der Waals surface area (Å²) in [5.74, 6) is -0.0857. The summed E-state index contributed by atoms with van der Waals surface area (Å²) in [6.45, 7) is 3.30. The van der Waals surface area contributed by atoms with Crippen molar-refractivity contribution in [3.8, 4) is 0 Å². The van der Waals surface area contributed by atoms with E-state index in [4.69, 9.17) is 0 Å². The van der Waals surface area contributed by atoms with Gasteiger partial charge in [-0.05, 0) is 24.3 Å². The predicted molar refractivity (Wildman–Crippen MR) is 103 cm³/mol. The molecule has 0 aliphatic carbocycles. The Labute approximate surface area is 162 Å². The van der Waals surface area contributed by atoms with Crippen LogP contribution in [0.15, 0.2) is 28.7 Å². The molecule has 1 fully saturated rings. The molecule has 2 rings (SSSR count). The number of carbonyl (C=O) groups excluding carboxylic acids is 3. The molecular formula is C18H25BrN4O3. The van der Waals surface area contributed by atoms with Gasteiger partial charge < -0.3 is 15.1 Å². The molecule has 1 aromatic rings. The van der Waals surface area contributed by atoms with Crippen LogP contribution in [0.2, 0.25) is 0 Å². The lowest BCUT2D eigenvalue weighted by Gasteiger charge is -2.34. The molecule has 0 unspecified atom stereocenters. The van der Waals surface area contributed by atoms with E-state index in [1.165, 1.54) is 0 Å². The summed E-state index contributed by atoms with van der Waals surface area (Å²) in [6, 6.07) is 7.08. The highest BCUT2D eigenvalue weighted by molar-refractivity contribution is 9.10. The van der Waals surface area contributed by atoms with Gasteiger partial charge in [-0.25, -0.2) is 0 Å². The van der Waals surface area contributed by atoms with E-state index in [2.05, 4.69) is 26.1 Å². The number of rotatable bonds is 6. The van der Waals surface area contributed by atoms with Crippen LogP contribution in [-0.2, 0) is 9.59 Å². The van der Waals surface area contributed by atoms with Gasteiger partial charge in [0.15, 0.2) is 0 Å². The summed E-state index contributed by atoms with van der Waals surface area (Å²) in [6.07, 6.45) is 0.277. The molecule has 0 spiro atoms. The highest BCUT2D eigenvalue weighted by Gasteiger charge is 2.22. The molecule has 142 valence electrons. The molecule has 0 radical (unpaired) electrons. The number of nitrogens with zero attached hydrogens (tertiary/aromatic N) is 3. The maximum atomic E-state index is 12.3. The van der Waals surface area contributed by atoms with Gasteiger partial charge in [0, 0.05) is 63.3 Å². The van der Waals surface area contributed by atoms with Gasteiger partial charge in [0.2, 0.25) is 11.8 Å². The highest BCUT2D eigenvalue weighted by Crippen LogP contribution is 2.10. The van der Waals surface area contributed by atoms with E-state index in [0.29, 0.717) is 44.8 Å². The lowest BCUT2D eigenvalue weighted by Crippen LogP contribution is -2.51. The van der Waals surface area contributed by atoms with Crippen molar-refractivity contribution in [3.63, 3.8) is 0 Å². The second-order valence-corrected chi connectivity index (χ2v) is 7.37. The minimum Gasteiger partial charge on any atom is -0.352 e. The maximum Gasteiger partial charge on any atom is 0.251 e. The summed E-state index contributed by atoms with van der Waals surface area (Å²) >= 11 is 3.33. The Morgan fingerprint density at radius 2 is 1.69 bits per heavy atom. The molecule has 1 N–H and O–H groups in total. The number of likely N-dealkylation sites (N-methyl/N-ethyl adjacent to an activating group) is 1. The van der Waals surface area contributed by atoms with E-state index in [0.717, 1.165) is 4.47 Å². The van der Waals surface area contributed by atoms with Crippen molar-refractivity contribution in [2.24, 2.45) is 0 Å². The smallest absolute Gasteiger partial charge is 0.251 e. The monoisotopic (exact) mass is 424 g/mol. The van der Waals surface area contributed by atoms with Gasteiger partial charge in [0.25, 0.3) is 5.91 Å². The second kappa shape index (κ2) is 9.68. The Morgan fingerprint density at radius 1 is 1.08 bits per heavy atom. The molecule has 1 aliphatic rings. The topological polar surface area (TPSA) is 73.0 Å². The molecule has 7 nitrogen and oxygen atoms in total. The van der Waals surface area contributed by atoms with Crippen molar-refractivity contribution >= 4 is 33.7 Å². The SMILES string of the molecule is CN(C)C(=O)CN1CCN(C(=O)CCNC(=O)c2ccc(Br)cc2)CC1. The van der Waals surface area contributed by atoms with Crippen molar-refractivity contribution in [2.75, 3.05) is 53.4 Å². The fourth-order valence-corrected chi connectivity index (χ4v) is 2.90. The normalized spacial score (nSPS) is 14.8. The standard InChI is InChI=1S/C18H25BrN4O3/c1-21(2)17(25)13-22-9-11-23(12-10-22)16(24)7-8-20-18(26)14-3-5-15(19)6-4-14/h3-6H,7-13H2,1-2H3,(H,20,26). The molecule has 0 aromatic heterocycles. The minimum absolute atomic E-state index is 0.0275.